The SMILES string of the molecule is C=CCN1CC[C@H]2c3cc[c-]cc3CC[C@H]21.[Li+]. The van der Waals surface area contributed by atoms with Gasteiger partial charge in [0.25, 0.3) is 0 Å². The largest absolute Gasteiger partial charge is 1.00 e. The zero-order chi connectivity index (χ0) is 11.0. The van der Waals surface area contributed by atoms with Crippen LogP contribution in [0, 0.1) is 6.07 Å². The first kappa shape index (κ1) is 13.0. The third-order valence-corrected chi connectivity index (χ3v) is 4.12. The Labute approximate surface area is 116 Å². The molecule has 2 aliphatic rings. The summed E-state index contributed by atoms with van der Waals surface area (Å²) in [5.41, 5.74) is 3.12. The van der Waals surface area contributed by atoms with Crippen molar-refractivity contribution in [3.63, 3.8) is 0 Å². The van der Waals surface area contributed by atoms with Gasteiger partial charge in [-0.25, -0.2) is 0 Å². The molecular formula is C15H18LiN. The number of benzene rings is 1. The topological polar surface area (TPSA) is 3.24 Å². The molecule has 3 rings (SSSR count). The van der Waals surface area contributed by atoms with Gasteiger partial charge in [-0.1, -0.05) is 12.5 Å². The van der Waals surface area contributed by atoms with Gasteiger partial charge < -0.3 is 0 Å². The Balaban J connectivity index is 0.00000108. The molecular weight excluding hydrogens is 201 g/mol. The molecule has 0 radical (unpaired) electrons. The number of likely N-dealkylation sites (tertiary alicyclic amines) is 1. The van der Waals surface area contributed by atoms with Crippen LogP contribution in [0.1, 0.15) is 29.9 Å². The van der Waals surface area contributed by atoms with Crippen LogP contribution in [0.15, 0.2) is 30.9 Å². The van der Waals surface area contributed by atoms with Gasteiger partial charge in [-0.05, 0) is 25.3 Å². The molecule has 1 aliphatic carbocycles. The fourth-order valence-corrected chi connectivity index (χ4v) is 3.42. The molecule has 1 aromatic carbocycles. The van der Waals surface area contributed by atoms with E-state index in [0.29, 0.717) is 0 Å². The molecule has 0 spiro atoms. The van der Waals surface area contributed by atoms with Crippen LogP contribution in [0.25, 0.3) is 0 Å². The molecule has 0 saturated carbocycles. The monoisotopic (exact) mass is 219 g/mol. The minimum atomic E-state index is 0. The summed E-state index contributed by atoms with van der Waals surface area (Å²) in [6.07, 6.45) is 5.89. The van der Waals surface area contributed by atoms with Gasteiger partial charge in [0.05, 0.1) is 0 Å². The van der Waals surface area contributed by atoms with E-state index in [2.05, 4.69) is 35.7 Å². The average Bonchev–Trinajstić information content (AvgIpc) is 2.73. The number of hydrogen-bond donors (Lipinski definition) is 0. The Bertz CT molecular complexity index is 402. The summed E-state index contributed by atoms with van der Waals surface area (Å²) >= 11 is 0. The first-order chi connectivity index (χ1) is 7.90. The Hall–Kier alpha value is -0.483. The molecule has 0 amide bonds. The van der Waals surface area contributed by atoms with E-state index in [-0.39, 0.29) is 18.9 Å². The van der Waals surface area contributed by atoms with Crippen molar-refractivity contribution in [3.05, 3.63) is 48.0 Å². The minimum Gasteiger partial charge on any atom is -0.296 e. The second-order valence-corrected chi connectivity index (χ2v) is 4.91. The Morgan fingerprint density at radius 2 is 2.35 bits per heavy atom. The summed E-state index contributed by atoms with van der Waals surface area (Å²) in [6, 6.07) is 10.5. The number of rotatable bonds is 2. The van der Waals surface area contributed by atoms with Gasteiger partial charge in [-0.3, -0.25) is 4.90 Å². The molecule has 84 valence electrons. The van der Waals surface area contributed by atoms with Crippen molar-refractivity contribution in [2.45, 2.75) is 31.2 Å². The molecule has 17 heavy (non-hydrogen) atoms. The van der Waals surface area contributed by atoms with Crippen LogP contribution in [0.5, 0.6) is 0 Å². The van der Waals surface area contributed by atoms with E-state index in [0.717, 1.165) is 18.5 Å². The second kappa shape index (κ2) is 5.44. The number of fused-ring (bicyclic) bond motifs is 3. The van der Waals surface area contributed by atoms with Crippen LogP contribution in [-0.4, -0.2) is 24.0 Å². The molecule has 0 aromatic heterocycles. The van der Waals surface area contributed by atoms with Crippen LogP contribution in [-0.2, 0) is 6.42 Å². The number of aryl methyl sites for hydroxylation is 1. The maximum absolute atomic E-state index is 3.86. The first-order valence-corrected chi connectivity index (χ1v) is 6.24. The zero-order valence-electron chi connectivity index (χ0n) is 10.7. The summed E-state index contributed by atoms with van der Waals surface area (Å²) in [4.78, 5) is 2.59. The fourth-order valence-electron chi connectivity index (χ4n) is 3.42. The van der Waals surface area contributed by atoms with Gasteiger partial charge in [0, 0.05) is 12.6 Å². The Morgan fingerprint density at radius 1 is 1.47 bits per heavy atom. The molecule has 1 saturated heterocycles. The molecule has 1 aromatic rings. The van der Waals surface area contributed by atoms with Crippen LogP contribution in [0.4, 0.5) is 0 Å². The second-order valence-electron chi connectivity index (χ2n) is 4.91. The predicted molar refractivity (Wildman–Crippen MR) is 66.5 cm³/mol. The summed E-state index contributed by atoms with van der Waals surface area (Å²) in [6.45, 7) is 6.15. The standard InChI is InChI=1S/C15H18N.Li/c1-2-10-16-11-9-14-13-6-4-3-5-12(13)7-8-15(14)16;/h2,4-6,14-15H,1,7-11H2;/q-1;+1/t14-,15+;/m0./s1. The Morgan fingerprint density at radius 3 is 3.18 bits per heavy atom. The van der Waals surface area contributed by atoms with E-state index < -0.39 is 0 Å². The van der Waals surface area contributed by atoms with Gasteiger partial charge in [-0.15, -0.1) is 12.1 Å². The maximum Gasteiger partial charge on any atom is 1.00 e. The van der Waals surface area contributed by atoms with Crippen LogP contribution >= 0.6 is 0 Å². The smallest absolute Gasteiger partial charge is 0.296 e. The van der Waals surface area contributed by atoms with Gasteiger partial charge in [-0.2, -0.15) is 29.8 Å². The van der Waals surface area contributed by atoms with Gasteiger partial charge >= 0.3 is 18.9 Å². The molecule has 1 nitrogen and oxygen atoms in total. The van der Waals surface area contributed by atoms with E-state index in [1.807, 2.05) is 6.08 Å². The molecule has 1 fully saturated rings. The Kier molecular flexibility index (Phi) is 4.15. The van der Waals surface area contributed by atoms with E-state index in [9.17, 15) is 0 Å². The average molecular weight is 219 g/mol. The van der Waals surface area contributed by atoms with E-state index in [4.69, 9.17) is 0 Å². The van der Waals surface area contributed by atoms with Crippen LogP contribution < -0.4 is 18.9 Å². The summed E-state index contributed by atoms with van der Waals surface area (Å²) in [7, 11) is 0. The van der Waals surface area contributed by atoms with Gasteiger partial charge in [0.15, 0.2) is 0 Å². The van der Waals surface area contributed by atoms with Gasteiger partial charge in [0.1, 0.15) is 0 Å². The van der Waals surface area contributed by atoms with Crippen molar-refractivity contribution in [1.82, 2.24) is 4.90 Å². The minimum absolute atomic E-state index is 0. The molecule has 1 heterocycles. The molecule has 2 atom stereocenters. The molecule has 2 heteroatoms. The van der Waals surface area contributed by atoms with Crippen molar-refractivity contribution in [2.24, 2.45) is 0 Å². The van der Waals surface area contributed by atoms with Crippen molar-refractivity contribution in [1.29, 1.82) is 0 Å². The third-order valence-electron chi connectivity index (χ3n) is 4.12. The molecule has 0 bridgehead atoms. The van der Waals surface area contributed by atoms with E-state index >= 15 is 0 Å². The third kappa shape index (κ3) is 2.25. The normalized spacial score (nSPS) is 26.8. The predicted octanol–water partition coefficient (Wildman–Crippen LogP) is -0.219. The molecule has 0 N–H and O–H groups in total. The van der Waals surface area contributed by atoms with Crippen molar-refractivity contribution >= 4 is 0 Å². The molecule has 0 unspecified atom stereocenters. The van der Waals surface area contributed by atoms with Crippen LogP contribution in [0.3, 0.4) is 0 Å². The van der Waals surface area contributed by atoms with E-state index in [1.165, 1.54) is 31.4 Å². The molecule has 1 aliphatic heterocycles. The maximum atomic E-state index is 3.86. The van der Waals surface area contributed by atoms with Crippen molar-refractivity contribution in [2.75, 3.05) is 13.1 Å². The first-order valence-electron chi connectivity index (χ1n) is 6.24. The number of nitrogens with zero attached hydrogens (tertiary/aromatic N) is 1. The summed E-state index contributed by atoms with van der Waals surface area (Å²) in [5, 5.41) is 0. The quantitative estimate of drug-likeness (QED) is 0.378. The summed E-state index contributed by atoms with van der Waals surface area (Å²) in [5.74, 6) is 0.762. The van der Waals surface area contributed by atoms with Crippen LogP contribution in [0.2, 0.25) is 0 Å². The summed E-state index contributed by atoms with van der Waals surface area (Å²) < 4.78 is 0. The van der Waals surface area contributed by atoms with E-state index in [1.54, 1.807) is 5.56 Å². The number of hydrogen-bond acceptors (Lipinski definition) is 1. The van der Waals surface area contributed by atoms with Crippen molar-refractivity contribution < 1.29 is 18.9 Å². The van der Waals surface area contributed by atoms with Crippen molar-refractivity contribution in [3.8, 4) is 0 Å². The fraction of sp³-hybridized carbons (Fsp3) is 0.467. The zero-order valence-corrected chi connectivity index (χ0v) is 10.7. The van der Waals surface area contributed by atoms with Gasteiger partial charge in [0.2, 0.25) is 0 Å².